The molecule has 3 nitrogen and oxygen atoms in total. The van der Waals surface area contributed by atoms with Gasteiger partial charge in [-0.2, -0.15) is 0 Å². The van der Waals surface area contributed by atoms with E-state index in [0.717, 1.165) is 12.8 Å². The topological polar surface area (TPSA) is 35.5 Å². The van der Waals surface area contributed by atoms with Crippen molar-refractivity contribution in [3.05, 3.63) is 12.7 Å². The van der Waals surface area contributed by atoms with Gasteiger partial charge in [0.1, 0.15) is 0 Å². The summed E-state index contributed by atoms with van der Waals surface area (Å²) < 4.78 is 10.3. The van der Waals surface area contributed by atoms with Crippen LogP contribution >= 0.6 is 0 Å². The minimum Gasteiger partial charge on any atom is -0.469 e. The van der Waals surface area contributed by atoms with Crippen LogP contribution in [0.1, 0.15) is 19.8 Å². The van der Waals surface area contributed by atoms with Crippen LogP contribution in [0.25, 0.3) is 0 Å². The highest BCUT2D eigenvalue weighted by Gasteiger charge is 2.38. The third kappa shape index (κ3) is 2.35. The van der Waals surface area contributed by atoms with Crippen LogP contribution in [0, 0.1) is 11.8 Å². The Kier molecular flexibility index (Phi) is 4.14. The predicted octanol–water partition coefficient (Wildman–Crippen LogP) is 1.78. The highest BCUT2D eigenvalue weighted by Crippen LogP contribution is 2.35. The summed E-state index contributed by atoms with van der Waals surface area (Å²) in [5.74, 6) is 0.00477. The number of carbonyl (C=O) groups excluding carboxylic acids is 1. The molecule has 0 aromatic rings. The molecule has 0 aromatic heterocycles. The average molecular weight is 198 g/mol. The number of esters is 1. The number of hydrogen-bond acceptors (Lipinski definition) is 3. The Balaban J connectivity index is 2.57. The molecule has 1 aliphatic carbocycles. The smallest absolute Gasteiger partial charge is 0.309 e. The van der Waals surface area contributed by atoms with E-state index in [0.29, 0.717) is 6.61 Å². The Hall–Kier alpha value is -0.830. The molecule has 14 heavy (non-hydrogen) atoms. The monoisotopic (exact) mass is 198 g/mol. The fourth-order valence-electron chi connectivity index (χ4n) is 2.08. The Labute approximate surface area is 85.1 Å². The normalized spacial score (nSPS) is 31.4. The van der Waals surface area contributed by atoms with Gasteiger partial charge in [0.05, 0.1) is 19.1 Å². The number of hydrogen-bond donors (Lipinski definition) is 0. The van der Waals surface area contributed by atoms with E-state index < -0.39 is 0 Å². The molecule has 0 spiro atoms. The fraction of sp³-hybridized carbons (Fsp3) is 0.727. The van der Waals surface area contributed by atoms with Gasteiger partial charge in [-0.15, -0.1) is 6.58 Å². The van der Waals surface area contributed by atoms with Crippen LogP contribution in [0.4, 0.5) is 0 Å². The Morgan fingerprint density at radius 2 is 2.29 bits per heavy atom. The van der Waals surface area contributed by atoms with Crippen molar-refractivity contribution in [3.8, 4) is 0 Å². The standard InChI is InChI=1S/C11H18O3/c1-4-8-6-9(14-5-2)7-10(8)11(12)13-3/h4,8-10H,1,5-7H2,2-3H3/t8-,9+,10-/m1/s1. The lowest BCUT2D eigenvalue weighted by molar-refractivity contribution is -0.146. The highest BCUT2D eigenvalue weighted by atomic mass is 16.5. The SMILES string of the molecule is C=C[C@@H]1C[C@H](OCC)C[C@H]1C(=O)OC. The van der Waals surface area contributed by atoms with E-state index in [1.165, 1.54) is 7.11 Å². The quantitative estimate of drug-likeness (QED) is 0.510. The lowest BCUT2D eigenvalue weighted by Crippen LogP contribution is -2.19. The molecule has 0 amide bonds. The summed E-state index contributed by atoms with van der Waals surface area (Å²) >= 11 is 0. The van der Waals surface area contributed by atoms with Gasteiger partial charge < -0.3 is 9.47 Å². The van der Waals surface area contributed by atoms with E-state index in [4.69, 9.17) is 9.47 Å². The fourth-order valence-corrected chi connectivity index (χ4v) is 2.08. The average Bonchev–Trinajstić information content (AvgIpc) is 2.60. The summed E-state index contributed by atoms with van der Waals surface area (Å²) in [7, 11) is 1.43. The van der Waals surface area contributed by atoms with Gasteiger partial charge in [-0.05, 0) is 25.7 Å². The van der Waals surface area contributed by atoms with Crippen molar-refractivity contribution in [2.45, 2.75) is 25.9 Å². The molecular formula is C11H18O3. The second-order valence-corrected chi connectivity index (χ2v) is 3.58. The van der Waals surface area contributed by atoms with Crippen LogP contribution in [0.5, 0.6) is 0 Å². The lowest BCUT2D eigenvalue weighted by Gasteiger charge is -2.11. The number of allylic oxidation sites excluding steroid dienone is 1. The predicted molar refractivity (Wildman–Crippen MR) is 53.8 cm³/mol. The molecule has 1 aliphatic rings. The van der Waals surface area contributed by atoms with Crippen LogP contribution in [-0.4, -0.2) is 25.8 Å². The van der Waals surface area contributed by atoms with Gasteiger partial charge in [0.2, 0.25) is 0 Å². The molecule has 0 radical (unpaired) electrons. The summed E-state index contributed by atoms with van der Waals surface area (Å²) in [6.45, 7) is 6.40. The van der Waals surface area contributed by atoms with E-state index in [2.05, 4.69) is 6.58 Å². The van der Waals surface area contributed by atoms with E-state index in [1.54, 1.807) is 0 Å². The zero-order valence-electron chi connectivity index (χ0n) is 8.86. The van der Waals surface area contributed by atoms with Gasteiger partial charge in [0.15, 0.2) is 0 Å². The zero-order valence-corrected chi connectivity index (χ0v) is 8.86. The van der Waals surface area contributed by atoms with Crippen LogP contribution in [0.3, 0.4) is 0 Å². The largest absolute Gasteiger partial charge is 0.469 e. The van der Waals surface area contributed by atoms with Gasteiger partial charge in [-0.1, -0.05) is 6.08 Å². The molecule has 0 saturated heterocycles. The molecule has 1 fully saturated rings. The van der Waals surface area contributed by atoms with E-state index in [1.807, 2.05) is 13.0 Å². The van der Waals surface area contributed by atoms with Crippen molar-refractivity contribution in [1.29, 1.82) is 0 Å². The molecule has 0 N–H and O–H groups in total. The second kappa shape index (κ2) is 5.15. The molecule has 80 valence electrons. The first-order valence-corrected chi connectivity index (χ1v) is 5.04. The molecule has 0 aliphatic heterocycles. The molecule has 0 bridgehead atoms. The van der Waals surface area contributed by atoms with Gasteiger partial charge in [0, 0.05) is 6.61 Å². The first-order chi connectivity index (χ1) is 6.72. The van der Waals surface area contributed by atoms with Gasteiger partial charge >= 0.3 is 5.97 Å². The number of methoxy groups -OCH3 is 1. The van der Waals surface area contributed by atoms with E-state index in [9.17, 15) is 4.79 Å². The third-order valence-electron chi connectivity index (χ3n) is 2.78. The molecule has 1 rings (SSSR count). The highest BCUT2D eigenvalue weighted by molar-refractivity contribution is 5.73. The summed E-state index contributed by atoms with van der Waals surface area (Å²) in [6.07, 6.45) is 3.67. The van der Waals surface area contributed by atoms with Crippen molar-refractivity contribution in [1.82, 2.24) is 0 Å². The first kappa shape index (κ1) is 11.2. The summed E-state index contributed by atoms with van der Waals surface area (Å²) in [6, 6.07) is 0. The van der Waals surface area contributed by atoms with Gasteiger partial charge in [0.25, 0.3) is 0 Å². The van der Waals surface area contributed by atoms with Crippen LogP contribution in [0.2, 0.25) is 0 Å². The third-order valence-corrected chi connectivity index (χ3v) is 2.78. The minimum atomic E-state index is -0.142. The van der Waals surface area contributed by atoms with Gasteiger partial charge in [-0.3, -0.25) is 4.79 Å². The van der Waals surface area contributed by atoms with Crippen molar-refractivity contribution in [3.63, 3.8) is 0 Å². The molecule has 0 unspecified atom stereocenters. The van der Waals surface area contributed by atoms with Gasteiger partial charge in [-0.25, -0.2) is 0 Å². The van der Waals surface area contributed by atoms with Crippen molar-refractivity contribution in [2.75, 3.05) is 13.7 Å². The molecule has 3 heteroatoms. The van der Waals surface area contributed by atoms with Crippen LogP contribution in [0.15, 0.2) is 12.7 Å². The van der Waals surface area contributed by atoms with Crippen LogP contribution in [-0.2, 0) is 14.3 Å². The summed E-state index contributed by atoms with van der Waals surface area (Å²) in [4.78, 5) is 11.4. The zero-order chi connectivity index (χ0) is 10.6. The molecule has 1 saturated carbocycles. The molecule has 0 heterocycles. The van der Waals surface area contributed by atoms with Crippen molar-refractivity contribution < 1.29 is 14.3 Å². The van der Waals surface area contributed by atoms with E-state index in [-0.39, 0.29) is 23.9 Å². The Morgan fingerprint density at radius 3 is 2.79 bits per heavy atom. The van der Waals surface area contributed by atoms with Crippen molar-refractivity contribution >= 4 is 5.97 Å². The lowest BCUT2D eigenvalue weighted by atomic mass is 9.97. The molecule has 3 atom stereocenters. The Morgan fingerprint density at radius 1 is 1.57 bits per heavy atom. The number of rotatable bonds is 4. The maximum absolute atomic E-state index is 11.4. The van der Waals surface area contributed by atoms with Crippen LogP contribution < -0.4 is 0 Å². The number of carbonyl (C=O) groups is 1. The molecular weight excluding hydrogens is 180 g/mol. The maximum atomic E-state index is 11.4. The number of ether oxygens (including phenoxy) is 2. The Bertz CT molecular complexity index is 213. The summed E-state index contributed by atoms with van der Waals surface area (Å²) in [5.41, 5.74) is 0. The maximum Gasteiger partial charge on any atom is 0.309 e. The summed E-state index contributed by atoms with van der Waals surface area (Å²) in [5, 5.41) is 0. The first-order valence-electron chi connectivity index (χ1n) is 5.04. The minimum absolute atomic E-state index is 0.0611. The molecule has 0 aromatic carbocycles. The van der Waals surface area contributed by atoms with Crippen molar-refractivity contribution in [2.24, 2.45) is 11.8 Å². The second-order valence-electron chi connectivity index (χ2n) is 3.58. The van der Waals surface area contributed by atoms with E-state index >= 15 is 0 Å².